The summed E-state index contributed by atoms with van der Waals surface area (Å²) in [7, 11) is 0. The molecule has 0 aromatic rings. The van der Waals surface area contributed by atoms with Crippen LogP contribution in [-0.4, -0.2) is 101 Å². The van der Waals surface area contributed by atoms with Gasteiger partial charge < -0.3 is 28.8 Å². The van der Waals surface area contributed by atoms with Gasteiger partial charge in [0, 0.05) is 34.5 Å². The predicted octanol–water partition coefficient (Wildman–Crippen LogP) is 4.22. The number of aliphatic hydroxyl groups excluding tert-OH is 1. The Morgan fingerprint density at radius 3 is 2.44 bits per heavy atom. The first kappa shape index (κ1) is 34.1. The molecule has 6 aliphatic heterocycles. The minimum Gasteiger partial charge on any atom is -0.464 e. The number of rotatable bonds is 5. The molecule has 0 aromatic heterocycles. The standard InChI is InChI=1S/C41H54N2O9/c1-36(2)29-28(44)30(45)38(4)27(40(29)20-49-35(47)39(34(40)52-36)15-5-6-16-39)13-17-37(3)31(50-33(46)32-41(37,38)51-32)24-14-18-48-26(24)12-9-22-7-10-23(11-8-22)25-19-42-21-43-25/h14,21-23,26-27,29-32,34,45H,5-13,15-20H2,1-4H3/p+1/t22?,23?,26?,27-,29+,30+,31-,32+,34-,37-,38-,40+,41+/m0/s1. The summed E-state index contributed by atoms with van der Waals surface area (Å²) in [5.74, 6) is -0.675. The number of ketones is 1. The summed E-state index contributed by atoms with van der Waals surface area (Å²) < 4.78 is 31.3. The van der Waals surface area contributed by atoms with Crippen molar-refractivity contribution in [2.45, 2.75) is 146 Å². The zero-order valence-electron chi connectivity index (χ0n) is 31.1. The van der Waals surface area contributed by atoms with E-state index in [1.807, 2.05) is 20.8 Å². The predicted molar refractivity (Wildman–Crippen MR) is 189 cm³/mol. The fraction of sp³-hybridized carbons (Fsp3) is 0.829. The molecule has 4 aliphatic carbocycles. The smallest absolute Gasteiger partial charge is 0.339 e. The van der Waals surface area contributed by atoms with Crippen LogP contribution < -0.4 is 0 Å². The highest BCUT2D eigenvalue weighted by molar-refractivity contribution is 5.98. The van der Waals surface area contributed by atoms with Crippen molar-refractivity contribution in [2.24, 2.45) is 55.3 Å². The molecule has 11 heteroatoms. The third kappa shape index (κ3) is 3.99. The normalized spacial score (nSPS) is 50.7. The molecule has 2 N–H and O–H groups in total. The van der Waals surface area contributed by atoms with E-state index in [1.165, 1.54) is 18.6 Å². The minimum absolute atomic E-state index is 0.0490. The topological polar surface area (TPSA) is 149 Å². The van der Waals surface area contributed by atoms with Crippen LogP contribution in [0.1, 0.15) is 105 Å². The molecule has 11 nitrogen and oxygen atoms in total. The van der Waals surface area contributed by atoms with Gasteiger partial charge >= 0.3 is 11.9 Å². The van der Waals surface area contributed by atoms with E-state index in [0.717, 1.165) is 50.6 Å². The minimum atomic E-state index is -1.38. The number of carbonyl (C=O) groups is 3. The van der Waals surface area contributed by atoms with Crippen molar-refractivity contribution in [3.8, 4) is 0 Å². The molecule has 0 amide bonds. The Hall–Kier alpha value is -2.47. The monoisotopic (exact) mass is 719 g/mol. The lowest BCUT2D eigenvalue weighted by Gasteiger charge is -2.67. The SMILES string of the molecule is CC1(C)O[C@H]2C3(CCCC3)C(=O)OC[C@@]23[C@@H]1C(=O)[C@@H](O)[C@]1(C)[C@@H]3CC[C@@]2(C)[C@H](C3=CC[OH+]C3CCC3CCC(C4=NC=NC4)CC3)OC(=O)[C@H]3O[C@@]312. The van der Waals surface area contributed by atoms with E-state index < -0.39 is 69.2 Å². The number of hydrogen-bond acceptors (Lipinski definition) is 10. The second-order valence-electron chi connectivity index (χ2n) is 19.2. The summed E-state index contributed by atoms with van der Waals surface area (Å²) in [6, 6.07) is 0. The van der Waals surface area contributed by atoms with Gasteiger partial charge in [0.25, 0.3) is 0 Å². The third-order valence-electron chi connectivity index (χ3n) is 16.8. The number of carbonyl (C=O) groups excluding carboxylic acids is 3. The van der Waals surface area contributed by atoms with Gasteiger partial charge in [0.15, 0.2) is 24.6 Å². The Labute approximate surface area is 305 Å². The van der Waals surface area contributed by atoms with Gasteiger partial charge in [0.1, 0.15) is 30.8 Å². The molecule has 0 radical (unpaired) electrons. The quantitative estimate of drug-likeness (QED) is 0.192. The molecular weight excluding hydrogens is 664 g/mol. The average Bonchev–Trinajstić information content (AvgIpc) is 3.60. The zero-order valence-corrected chi connectivity index (χ0v) is 31.1. The van der Waals surface area contributed by atoms with Crippen LogP contribution in [0.4, 0.5) is 0 Å². The Morgan fingerprint density at radius 2 is 1.71 bits per heavy atom. The first-order valence-corrected chi connectivity index (χ1v) is 20.2. The van der Waals surface area contributed by atoms with Gasteiger partial charge in [-0.2, -0.15) is 0 Å². The maximum Gasteiger partial charge on any atom is 0.339 e. The highest BCUT2D eigenvalue weighted by atomic mass is 16.7. The number of aliphatic imine (C=N–C) groups is 2. The van der Waals surface area contributed by atoms with Crippen LogP contribution in [0.15, 0.2) is 21.6 Å². The lowest BCUT2D eigenvalue weighted by Crippen LogP contribution is -2.78. The molecule has 52 heavy (non-hydrogen) atoms. The lowest BCUT2D eigenvalue weighted by atomic mass is 9.35. The Kier molecular flexibility index (Phi) is 7.25. The molecule has 1 unspecified atom stereocenters. The summed E-state index contributed by atoms with van der Waals surface area (Å²) >= 11 is 0. The van der Waals surface area contributed by atoms with Crippen LogP contribution in [0.3, 0.4) is 0 Å². The van der Waals surface area contributed by atoms with E-state index >= 15 is 0 Å². The van der Waals surface area contributed by atoms with Gasteiger partial charge in [-0.25, -0.2) is 9.79 Å². The number of fused-ring (bicyclic) bond motifs is 2. The van der Waals surface area contributed by atoms with Crippen molar-refractivity contribution in [1.82, 2.24) is 0 Å². The molecule has 4 saturated carbocycles. The fourth-order valence-electron chi connectivity index (χ4n) is 14.6. The molecule has 10 aliphatic rings. The van der Waals surface area contributed by atoms with Gasteiger partial charge in [-0.15, -0.1) is 0 Å². The second-order valence-corrected chi connectivity index (χ2v) is 19.2. The van der Waals surface area contributed by atoms with Gasteiger partial charge in [-0.1, -0.05) is 26.7 Å². The molecule has 6 heterocycles. The number of esters is 2. The van der Waals surface area contributed by atoms with Gasteiger partial charge in [0.2, 0.25) is 0 Å². The van der Waals surface area contributed by atoms with E-state index in [4.69, 9.17) is 23.7 Å². The second kappa shape index (κ2) is 11.1. The van der Waals surface area contributed by atoms with Gasteiger partial charge in [-0.3, -0.25) is 14.6 Å². The molecule has 0 aromatic carbocycles. The van der Waals surface area contributed by atoms with Crippen LogP contribution in [0.5, 0.6) is 0 Å². The largest absolute Gasteiger partial charge is 0.464 e. The van der Waals surface area contributed by atoms with E-state index in [9.17, 15) is 19.5 Å². The third-order valence-corrected chi connectivity index (χ3v) is 16.8. The molecule has 3 spiro atoms. The number of aliphatic hydroxyl groups is 3. The molecule has 8 fully saturated rings. The molecule has 282 valence electrons. The first-order chi connectivity index (χ1) is 24.8. The van der Waals surface area contributed by atoms with Crippen LogP contribution in [0.25, 0.3) is 0 Å². The van der Waals surface area contributed by atoms with E-state index in [2.05, 4.69) is 23.0 Å². The summed E-state index contributed by atoms with van der Waals surface area (Å²) in [5.41, 5.74) is -3.23. The van der Waals surface area contributed by atoms with Crippen LogP contribution in [-0.2, 0) is 33.3 Å². The van der Waals surface area contributed by atoms with Gasteiger partial charge in [0.05, 0.1) is 35.2 Å². The van der Waals surface area contributed by atoms with Crippen molar-refractivity contribution in [2.75, 3.05) is 19.8 Å². The van der Waals surface area contributed by atoms with E-state index in [-0.39, 0.29) is 30.4 Å². The summed E-state index contributed by atoms with van der Waals surface area (Å²) in [6.07, 6.45) is 11.6. The summed E-state index contributed by atoms with van der Waals surface area (Å²) in [6.45, 7) is 9.44. The maximum absolute atomic E-state index is 14.9. The average molecular weight is 720 g/mol. The molecule has 10 rings (SSSR count). The number of Topliss-reactive ketones (excluding diaryl/α,β-unsaturated/α-hetero) is 1. The molecule has 0 bridgehead atoms. The van der Waals surface area contributed by atoms with E-state index in [1.54, 1.807) is 6.34 Å². The number of cyclic esters (lactones) is 2. The van der Waals surface area contributed by atoms with Crippen molar-refractivity contribution in [3.05, 3.63) is 11.6 Å². The Morgan fingerprint density at radius 1 is 0.942 bits per heavy atom. The highest BCUT2D eigenvalue weighted by Gasteiger charge is 2.91. The summed E-state index contributed by atoms with van der Waals surface area (Å²) in [4.78, 5) is 51.4. The van der Waals surface area contributed by atoms with Crippen LogP contribution in [0, 0.1) is 45.3 Å². The number of nitrogens with zero attached hydrogens (tertiary/aromatic N) is 2. The van der Waals surface area contributed by atoms with Crippen LogP contribution in [0.2, 0.25) is 0 Å². The molecule has 4 saturated heterocycles. The Balaban J connectivity index is 0.966. The summed E-state index contributed by atoms with van der Waals surface area (Å²) in [5, 5.41) is 12.5. The first-order valence-electron chi connectivity index (χ1n) is 20.2. The van der Waals surface area contributed by atoms with Crippen molar-refractivity contribution < 1.29 is 43.2 Å². The number of hydrogen-bond donors (Lipinski definition) is 1. The maximum atomic E-state index is 14.9. The van der Waals surface area contributed by atoms with E-state index in [0.29, 0.717) is 44.1 Å². The lowest BCUT2D eigenvalue weighted by molar-refractivity contribution is -0.261. The van der Waals surface area contributed by atoms with Crippen LogP contribution >= 0.6 is 0 Å². The van der Waals surface area contributed by atoms with Crippen molar-refractivity contribution in [3.63, 3.8) is 0 Å². The Bertz CT molecular complexity index is 1690. The van der Waals surface area contributed by atoms with Crippen molar-refractivity contribution >= 4 is 29.8 Å². The van der Waals surface area contributed by atoms with Gasteiger partial charge in [-0.05, 0) is 89.4 Å². The van der Waals surface area contributed by atoms with Crippen molar-refractivity contribution in [1.29, 1.82) is 0 Å². The molecular formula is C41H55N2O9+. The zero-order chi connectivity index (χ0) is 36.1. The number of epoxide rings is 1. The fourth-order valence-corrected chi connectivity index (χ4v) is 14.6. The highest BCUT2D eigenvalue weighted by Crippen LogP contribution is 2.80. The molecule has 11 atom stereocenters. The number of ether oxygens (including phenoxy) is 5.